The molecule has 3 nitrogen and oxygen atoms in total. The molecular weight excluding hydrogens is 164 g/mol. The Hall–Kier alpha value is -0.830. The average Bonchev–Trinajstić information content (AvgIpc) is 2.53. The van der Waals surface area contributed by atoms with E-state index in [1.54, 1.807) is 6.20 Å². The summed E-state index contributed by atoms with van der Waals surface area (Å²) in [7, 11) is 0. The summed E-state index contributed by atoms with van der Waals surface area (Å²) in [6, 6.07) is 0. The minimum atomic E-state index is -0.164. The molecule has 13 heavy (non-hydrogen) atoms. The Balaban J connectivity index is 2.27. The molecule has 3 heteroatoms. The van der Waals surface area contributed by atoms with E-state index in [0.717, 1.165) is 24.2 Å². The topological polar surface area (TPSA) is 52.0 Å². The van der Waals surface area contributed by atoms with E-state index in [1.807, 2.05) is 6.92 Å². The lowest BCUT2D eigenvalue weighted by Crippen LogP contribution is -2.38. The SMILES string of the molecule is Cc1oncc1C1(N)CCCCC1. The van der Waals surface area contributed by atoms with Crippen LogP contribution in [0.2, 0.25) is 0 Å². The maximum Gasteiger partial charge on any atom is 0.138 e. The lowest BCUT2D eigenvalue weighted by atomic mass is 9.78. The zero-order valence-corrected chi connectivity index (χ0v) is 8.05. The second kappa shape index (κ2) is 3.14. The molecular formula is C10H16N2O. The van der Waals surface area contributed by atoms with Crippen LogP contribution >= 0.6 is 0 Å². The van der Waals surface area contributed by atoms with Gasteiger partial charge in [0.15, 0.2) is 0 Å². The first-order valence-corrected chi connectivity index (χ1v) is 4.93. The van der Waals surface area contributed by atoms with Crippen molar-refractivity contribution < 1.29 is 4.52 Å². The molecule has 72 valence electrons. The Morgan fingerprint density at radius 2 is 2.08 bits per heavy atom. The Kier molecular flexibility index (Phi) is 2.12. The van der Waals surface area contributed by atoms with Crippen LogP contribution in [0.4, 0.5) is 0 Å². The Labute approximate surface area is 78.3 Å². The van der Waals surface area contributed by atoms with Gasteiger partial charge in [-0.1, -0.05) is 24.4 Å². The number of hydrogen-bond donors (Lipinski definition) is 1. The Bertz CT molecular complexity index is 287. The van der Waals surface area contributed by atoms with E-state index in [2.05, 4.69) is 5.16 Å². The van der Waals surface area contributed by atoms with Crippen molar-refractivity contribution in [2.24, 2.45) is 5.73 Å². The van der Waals surface area contributed by atoms with Crippen molar-refractivity contribution in [3.8, 4) is 0 Å². The van der Waals surface area contributed by atoms with E-state index < -0.39 is 0 Å². The predicted octanol–water partition coefficient (Wildman–Crippen LogP) is 2.10. The minimum absolute atomic E-state index is 0.164. The Morgan fingerprint density at radius 3 is 2.62 bits per heavy atom. The summed E-state index contributed by atoms with van der Waals surface area (Å²) in [4.78, 5) is 0. The summed E-state index contributed by atoms with van der Waals surface area (Å²) in [5.41, 5.74) is 7.27. The zero-order chi connectivity index (χ0) is 9.31. The first-order valence-electron chi connectivity index (χ1n) is 4.93. The van der Waals surface area contributed by atoms with Gasteiger partial charge in [0.2, 0.25) is 0 Å². The molecule has 0 aromatic carbocycles. The molecule has 0 radical (unpaired) electrons. The molecule has 0 amide bonds. The van der Waals surface area contributed by atoms with Gasteiger partial charge in [0.1, 0.15) is 5.76 Å². The monoisotopic (exact) mass is 180 g/mol. The summed E-state index contributed by atoms with van der Waals surface area (Å²) in [6.07, 6.45) is 7.66. The van der Waals surface area contributed by atoms with Crippen molar-refractivity contribution in [3.05, 3.63) is 17.5 Å². The minimum Gasteiger partial charge on any atom is -0.361 e. The van der Waals surface area contributed by atoms with Crippen LogP contribution in [0.1, 0.15) is 43.4 Å². The third kappa shape index (κ3) is 1.48. The van der Waals surface area contributed by atoms with Crippen LogP contribution in [-0.4, -0.2) is 5.16 Å². The molecule has 1 heterocycles. The summed E-state index contributed by atoms with van der Waals surface area (Å²) >= 11 is 0. The largest absolute Gasteiger partial charge is 0.361 e. The fraction of sp³-hybridized carbons (Fsp3) is 0.700. The lowest BCUT2D eigenvalue weighted by Gasteiger charge is -2.32. The van der Waals surface area contributed by atoms with Crippen molar-refractivity contribution in [3.63, 3.8) is 0 Å². The number of hydrogen-bond acceptors (Lipinski definition) is 3. The van der Waals surface area contributed by atoms with Crippen LogP contribution in [0.5, 0.6) is 0 Å². The third-order valence-corrected chi connectivity index (χ3v) is 3.03. The van der Waals surface area contributed by atoms with Gasteiger partial charge < -0.3 is 10.3 Å². The first-order chi connectivity index (χ1) is 6.22. The first kappa shape index (κ1) is 8.75. The highest BCUT2D eigenvalue weighted by Gasteiger charge is 2.32. The van der Waals surface area contributed by atoms with Crippen molar-refractivity contribution >= 4 is 0 Å². The lowest BCUT2D eigenvalue weighted by molar-refractivity contribution is 0.296. The molecule has 1 aromatic heterocycles. The van der Waals surface area contributed by atoms with Gasteiger partial charge in [0.05, 0.1) is 6.20 Å². The van der Waals surface area contributed by atoms with Crippen LogP contribution < -0.4 is 5.73 Å². The normalized spacial score (nSPS) is 21.7. The highest BCUT2D eigenvalue weighted by Crippen LogP contribution is 2.35. The van der Waals surface area contributed by atoms with E-state index >= 15 is 0 Å². The molecule has 0 atom stereocenters. The molecule has 0 saturated heterocycles. The second-order valence-electron chi connectivity index (χ2n) is 4.01. The van der Waals surface area contributed by atoms with Crippen molar-refractivity contribution in [2.75, 3.05) is 0 Å². The van der Waals surface area contributed by atoms with Gasteiger partial charge in [-0.15, -0.1) is 0 Å². The molecule has 0 spiro atoms. The molecule has 0 unspecified atom stereocenters. The van der Waals surface area contributed by atoms with Crippen LogP contribution in [0.3, 0.4) is 0 Å². The molecule has 1 saturated carbocycles. The van der Waals surface area contributed by atoms with E-state index in [1.165, 1.54) is 19.3 Å². The van der Waals surface area contributed by atoms with E-state index in [0.29, 0.717) is 0 Å². The highest BCUT2D eigenvalue weighted by atomic mass is 16.5. The van der Waals surface area contributed by atoms with Gasteiger partial charge >= 0.3 is 0 Å². The smallest absolute Gasteiger partial charge is 0.138 e. The molecule has 1 aliphatic carbocycles. The summed E-state index contributed by atoms with van der Waals surface area (Å²) in [6.45, 7) is 1.94. The average molecular weight is 180 g/mol. The quantitative estimate of drug-likeness (QED) is 0.720. The molecule has 0 aliphatic heterocycles. The highest BCUT2D eigenvalue weighted by molar-refractivity contribution is 5.23. The van der Waals surface area contributed by atoms with Gasteiger partial charge in [-0.2, -0.15) is 0 Å². The van der Waals surface area contributed by atoms with E-state index in [4.69, 9.17) is 10.3 Å². The van der Waals surface area contributed by atoms with Gasteiger partial charge in [-0.25, -0.2) is 0 Å². The van der Waals surface area contributed by atoms with Crippen LogP contribution in [0, 0.1) is 6.92 Å². The fourth-order valence-corrected chi connectivity index (χ4v) is 2.23. The van der Waals surface area contributed by atoms with Gasteiger partial charge in [-0.05, 0) is 19.8 Å². The second-order valence-corrected chi connectivity index (χ2v) is 4.01. The molecule has 1 aromatic rings. The standard InChI is InChI=1S/C10H16N2O/c1-8-9(7-12-13-8)10(11)5-3-2-4-6-10/h7H,2-6,11H2,1H3. The maximum atomic E-state index is 6.33. The summed E-state index contributed by atoms with van der Waals surface area (Å²) in [5, 5.41) is 3.79. The maximum absolute atomic E-state index is 6.33. The number of rotatable bonds is 1. The summed E-state index contributed by atoms with van der Waals surface area (Å²) in [5.74, 6) is 0.879. The van der Waals surface area contributed by atoms with Crippen LogP contribution in [-0.2, 0) is 5.54 Å². The molecule has 1 aliphatic rings. The van der Waals surface area contributed by atoms with Crippen molar-refractivity contribution in [2.45, 2.75) is 44.6 Å². The van der Waals surface area contributed by atoms with Gasteiger partial charge in [0.25, 0.3) is 0 Å². The predicted molar refractivity (Wildman–Crippen MR) is 50.2 cm³/mol. The van der Waals surface area contributed by atoms with Crippen molar-refractivity contribution in [1.29, 1.82) is 0 Å². The number of nitrogens with two attached hydrogens (primary N) is 1. The van der Waals surface area contributed by atoms with Crippen LogP contribution in [0.25, 0.3) is 0 Å². The number of aromatic nitrogens is 1. The zero-order valence-electron chi connectivity index (χ0n) is 8.05. The molecule has 2 rings (SSSR count). The van der Waals surface area contributed by atoms with E-state index in [-0.39, 0.29) is 5.54 Å². The fourth-order valence-electron chi connectivity index (χ4n) is 2.23. The number of aryl methyl sites for hydroxylation is 1. The number of nitrogens with zero attached hydrogens (tertiary/aromatic N) is 1. The van der Waals surface area contributed by atoms with Crippen molar-refractivity contribution in [1.82, 2.24) is 5.16 Å². The summed E-state index contributed by atoms with van der Waals surface area (Å²) < 4.78 is 5.05. The third-order valence-electron chi connectivity index (χ3n) is 3.03. The molecule has 2 N–H and O–H groups in total. The molecule has 1 fully saturated rings. The molecule has 0 bridgehead atoms. The van der Waals surface area contributed by atoms with Gasteiger partial charge in [-0.3, -0.25) is 0 Å². The van der Waals surface area contributed by atoms with Gasteiger partial charge in [0, 0.05) is 11.1 Å². The Morgan fingerprint density at radius 1 is 1.38 bits per heavy atom. The van der Waals surface area contributed by atoms with E-state index in [9.17, 15) is 0 Å². The van der Waals surface area contributed by atoms with Crippen LogP contribution in [0.15, 0.2) is 10.7 Å².